The van der Waals surface area contributed by atoms with Crippen LogP contribution in [0.1, 0.15) is 30.5 Å². The Labute approximate surface area is 150 Å². The summed E-state index contributed by atoms with van der Waals surface area (Å²) in [5.74, 6) is 0.437. The summed E-state index contributed by atoms with van der Waals surface area (Å²) in [5.41, 5.74) is 2.71. The van der Waals surface area contributed by atoms with Crippen LogP contribution in [-0.4, -0.2) is 35.7 Å². The Hall–Kier alpha value is -1.68. The van der Waals surface area contributed by atoms with Crippen molar-refractivity contribution in [2.24, 2.45) is 11.3 Å². The molecule has 0 aliphatic carbocycles. The first-order valence-corrected chi connectivity index (χ1v) is 9.42. The summed E-state index contributed by atoms with van der Waals surface area (Å²) in [4.78, 5) is 2.56. The molecule has 132 valence electrons. The van der Waals surface area contributed by atoms with Crippen LogP contribution >= 0.6 is 0 Å². The summed E-state index contributed by atoms with van der Waals surface area (Å²) in [7, 11) is 0. The first kappa shape index (κ1) is 16.8. The average molecular weight is 336 g/mol. The summed E-state index contributed by atoms with van der Waals surface area (Å²) in [6.07, 6.45) is 0.774. The lowest BCUT2D eigenvalue weighted by Gasteiger charge is -2.47. The number of aliphatic hydroxyl groups excluding tert-OH is 1. The van der Waals surface area contributed by atoms with Crippen LogP contribution in [0.15, 0.2) is 60.7 Å². The van der Waals surface area contributed by atoms with E-state index in [1.54, 1.807) is 0 Å². The maximum atomic E-state index is 10.6. The third kappa shape index (κ3) is 3.12. The zero-order chi connectivity index (χ0) is 17.3. The van der Waals surface area contributed by atoms with E-state index >= 15 is 0 Å². The van der Waals surface area contributed by atoms with E-state index in [1.807, 2.05) is 6.92 Å². The lowest BCUT2D eigenvalue weighted by Crippen LogP contribution is -2.51. The number of likely N-dealkylation sites (tertiary alicyclic amines) is 1. The fraction of sp³-hybridized carbons (Fsp3) is 0.455. The molecule has 4 rings (SSSR count). The summed E-state index contributed by atoms with van der Waals surface area (Å²) in [6.45, 7) is 5.98. The van der Waals surface area contributed by atoms with Crippen LogP contribution < -0.4 is 5.32 Å². The molecule has 2 N–H and O–H groups in total. The second-order valence-electron chi connectivity index (χ2n) is 7.76. The largest absolute Gasteiger partial charge is 0.393 e. The summed E-state index contributed by atoms with van der Waals surface area (Å²) >= 11 is 0. The van der Waals surface area contributed by atoms with Crippen molar-refractivity contribution in [3.8, 4) is 0 Å². The minimum atomic E-state index is -0.280. The fourth-order valence-electron chi connectivity index (χ4n) is 4.86. The highest BCUT2D eigenvalue weighted by Crippen LogP contribution is 2.50. The summed E-state index contributed by atoms with van der Waals surface area (Å²) in [6, 6.07) is 21.8. The van der Waals surface area contributed by atoms with E-state index in [2.05, 4.69) is 70.9 Å². The predicted molar refractivity (Wildman–Crippen MR) is 101 cm³/mol. The van der Waals surface area contributed by atoms with Gasteiger partial charge in [0.25, 0.3) is 0 Å². The molecule has 0 unspecified atom stereocenters. The van der Waals surface area contributed by atoms with Crippen molar-refractivity contribution in [1.82, 2.24) is 10.2 Å². The number of hydrogen-bond donors (Lipinski definition) is 2. The Morgan fingerprint density at radius 2 is 1.80 bits per heavy atom. The van der Waals surface area contributed by atoms with Gasteiger partial charge in [0.1, 0.15) is 0 Å². The van der Waals surface area contributed by atoms with Crippen molar-refractivity contribution in [3.05, 3.63) is 71.8 Å². The maximum absolute atomic E-state index is 10.6. The van der Waals surface area contributed by atoms with Gasteiger partial charge in [-0.2, -0.15) is 0 Å². The molecule has 0 aromatic heterocycles. The van der Waals surface area contributed by atoms with Crippen molar-refractivity contribution in [3.63, 3.8) is 0 Å². The number of piperidine rings is 1. The summed E-state index contributed by atoms with van der Waals surface area (Å²) < 4.78 is 0. The van der Waals surface area contributed by atoms with Gasteiger partial charge in [0.2, 0.25) is 0 Å². The Bertz CT molecular complexity index is 688. The minimum Gasteiger partial charge on any atom is -0.393 e. The van der Waals surface area contributed by atoms with Gasteiger partial charge in [-0.15, -0.1) is 0 Å². The van der Waals surface area contributed by atoms with Gasteiger partial charge in [0.05, 0.1) is 6.10 Å². The van der Waals surface area contributed by atoms with Crippen LogP contribution in [0, 0.1) is 11.3 Å². The van der Waals surface area contributed by atoms with E-state index in [-0.39, 0.29) is 11.5 Å². The molecule has 2 aromatic rings. The second-order valence-corrected chi connectivity index (χ2v) is 7.76. The number of nitrogens with one attached hydrogen (secondary N) is 1. The van der Waals surface area contributed by atoms with E-state index in [0.29, 0.717) is 12.0 Å². The number of rotatable bonds is 4. The molecule has 3 heteroatoms. The van der Waals surface area contributed by atoms with Crippen molar-refractivity contribution in [1.29, 1.82) is 0 Å². The molecule has 4 atom stereocenters. The molecule has 0 spiro atoms. The molecular weight excluding hydrogens is 308 g/mol. The van der Waals surface area contributed by atoms with Gasteiger partial charge < -0.3 is 10.4 Å². The molecule has 3 nitrogen and oxygen atoms in total. The van der Waals surface area contributed by atoms with Crippen LogP contribution in [0.4, 0.5) is 0 Å². The molecule has 2 heterocycles. The highest BCUT2D eigenvalue weighted by molar-refractivity contribution is 5.24. The standard InChI is InChI=1S/C22H28N2O/c1-17(25)22-12-13-24(14-18-8-4-2-5-9-18)15-20(22)21(23-16-22)19-10-6-3-7-11-19/h2-11,17,20-21,23,25H,12-16H2,1H3/t17-,20+,21+,22-/m0/s1. The Morgan fingerprint density at radius 3 is 2.48 bits per heavy atom. The monoisotopic (exact) mass is 336 g/mol. The first-order valence-electron chi connectivity index (χ1n) is 9.42. The number of nitrogens with zero attached hydrogens (tertiary/aromatic N) is 1. The minimum absolute atomic E-state index is 0.00625. The van der Waals surface area contributed by atoms with Crippen molar-refractivity contribution in [2.75, 3.05) is 19.6 Å². The van der Waals surface area contributed by atoms with Gasteiger partial charge >= 0.3 is 0 Å². The van der Waals surface area contributed by atoms with Crippen LogP contribution in [0.3, 0.4) is 0 Å². The molecule has 0 saturated carbocycles. The lowest BCUT2D eigenvalue weighted by molar-refractivity contribution is -0.0399. The number of aliphatic hydroxyl groups is 1. The van der Waals surface area contributed by atoms with Crippen LogP contribution in [0.2, 0.25) is 0 Å². The van der Waals surface area contributed by atoms with Crippen LogP contribution in [0.25, 0.3) is 0 Å². The van der Waals surface area contributed by atoms with Gasteiger partial charge in [-0.25, -0.2) is 0 Å². The van der Waals surface area contributed by atoms with Gasteiger partial charge in [-0.3, -0.25) is 4.90 Å². The van der Waals surface area contributed by atoms with Gasteiger partial charge in [0.15, 0.2) is 0 Å². The Morgan fingerprint density at radius 1 is 1.12 bits per heavy atom. The normalized spacial score (nSPS) is 30.8. The zero-order valence-electron chi connectivity index (χ0n) is 14.9. The molecule has 0 bridgehead atoms. The fourth-order valence-corrected chi connectivity index (χ4v) is 4.86. The number of fused-ring (bicyclic) bond motifs is 1. The molecule has 2 aliphatic heterocycles. The quantitative estimate of drug-likeness (QED) is 0.900. The van der Waals surface area contributed by atoms with Crippen molar-refractivity contribution >= 4 is 0 Å². The molecule has 2 aromatic carbocycles. The highest BCUT2D eigenvalue weighted by Gasteiger charge is 2.53. The second kappa shape index (κ2) is 6.91. The Kier molecular flexibility index (Phi) is 4.63. The number of hydrogen-bond acceptors (Lipinski definition) is 3. The van der Waals surface area contributed by atoms with E-state index in [1.165, 1.54) is 11.1 Å². The molecule has 25 heavy (non-hydrogen) atoms. The Balaban J connectivity index is 1.58. The molecule has 2 aliphatic rings. The van der Waals surface area contributed by atoms with Gasteiger partial charge in [-0.05, 0) is 31.0 Å². The van der Waals surface area contributed by atoms with Crippen LogP contribution in [-0.2, 0) is 6.54 Å². The predicted octanol–water partition coefficient (Wildman–Crippen LogP) is 3.22. The van der Waals surface area contributed by atoms with E-state index in [9.17, 15) is 5.11 Å². The van der Waals surface area contributed by atoms with Crippen molar-refractivity contribution in [2.45, 2.75) is 32.0 Å². The SMILES string of the molecule is C[C@H](O)[C@@]12CCN(Cc3ccccc3)C[C@@H]1[C@@H](c1ccccc1)NC2. The third-order valence-corrected chi connectivity index (χ3v) is 6.38. The maximum Gasteiger partial charge on any atom is 0.0584 e. The summed E-state index contributed by atoms with van der Waals surface area (Å²) in [5, 5.41) is 14.4. The smallest absolute Gasteiger partial charge is 0.0584 e. The third-order valence-electron chi connectivity index (χ3n) is 6.38. The topological polar surface area (TPSA) is 35.5 Å². The molecule has 2 saturated heterocycles. The molecule has 2 fully saturated rings. The number of benzene rings is 2. The van der Waals surface area contributed by atoms with E-state index < -0.39 is 0 Å². The molecule has 0 radical (unpaired) electrons. The zero-order valence-corrected chi connectivity index (χ0v) is 14.9. The van der Waals surface area contributed by atoms with Gasteiger partial charge in [-0.1, -0.05) is 60.7 Å². The molecule has 0 amide bonds. The van der Waals surface area contributed by atoms with E-state index in [0.717, 1.165) is 32.6 Å². The van der Waals surface area contributed by atoms with E-state index in [4.69, 9.17) is 0 Å². The lowest BCUT2D eigenvalue weighted by atomic mass is 9.66. The first-order chi connectivity index (χ1) is 12.2. The highest BCUT2D eigenvalue weighted by atomic mass is 16.3. The average Bonchev–Trinajstić information content (AvgIpc) is 3.04. The van der Waals surface area contributed by atoms with Gasteiger partial charge in [0, 0.05) is 37.0 Å². The van der Waals surface area contributed by atoms with Crippen LogP contribution in [0.5, 0.6) is 0 Å². The molecular formula is C22H28N2O. The van der Waals surface area contributed by atoms with Crippen molar-refractivity contribution < 1.29 is 5.11 Å².